The van der Waals surface area contributed by atoms with Crippen LogP contribution in [-0.4, -0.2) is 32.3 Å². The van der Waals surface area contributed by atoms with Crippen LogP contribution in [0.5, 0.6) is 5.75 Å². The predicted octanol–water partition coefficient (Wildman–Crippen LogP) is 4.23. The zero-order valence-corrected chi connectivity index (χ0v) is 16.6. The highest BCUT2D eigenvalue weighted by atomic mass is 79.9. The molecular weight excluding hydrogens is 429 g/mol. The van der Waals surface area contributed by atoms with Crippen LogP contribution in [0, 0.1) is 5.82 Å². The summed E-state index contributed by atoms with van der Waals surface area (Å²) < 4.78 is 21.9. The lowest BCUT2D eigenvalue weighted by Crippen LogP contribution is -2.16. The summed E-state index contributed by atoms with van der Waals surface area (Å²) in [6.07, 6.45) is 3.18. The Labute approximate surface area is 169 Å². The van der Waals surface area contributed by atoms with Gasteiger partial charge in [-0.2, -0.15) is 0 Å². The highest BCUT2D eigenvalue weighted by molar-refractivity contribution is 9.10. The molecule has 28 heavy (non-hydrogen) atoms. The smallest absolute Gasteiger partial charge is 0.260 e. The van der Waals surface area contributed by atoms with Gasteiger partial charge in [-0.1, -0.05) is 6.07 Å². The Morgan fingerprint density at radius 1 is 1.36 bits per heavy atom. The molecule has 1 aliphatic rings. The summed E-state index contributed by atoms with van der Waals surface area (Å²) in [6.45, 7) is 2.42. The van der Waals surface area contributed by atoms with Crippen molar-refractivity contribution in [3.05, 3.63) is 52.5 Å². The molecule has 3 aromatic rings. The second-order valence-electron chi connectivity index (χ2n) is 6.53. The van der Waals surface area contributed by atoms with Crippen molar-refractivity contribution in [2.75, 3.05) is 11.9 Å². The summed E-state index contributed by atoms with van der Waals surface area (Å²) in [5, 5.41) is 10.9. The van der Waals surface area contributed by atoms with Crippen molar-refractivity contribution in [3.8, 4) is 17.3 Å². The van der Waals surface area contributed by atoms with E-state index >= 15 is 0 Å². The van der Waals surface area contributed by atoms with E-state index in [1.165, 1.54) is 12.1 Å². The van der Waals surface area contributed by atoms with Gasteiger partial charge in [-0.25, -0.2) is 9.37 Å². The highest BCUT2D eigenvalue weighted by Crippen LogP contribution is 2.29. The van der Waals surface area contributed by atoms with Crippen LogP contribution in [0.3, 0.4) is 0 Å². The molecule has 0 saturated heterocycles. The number of nitrogens with one attached hydrogen (secondary N) is 1. The molecule has 3 heterocycles. The van der Waals surface area contributed by atoms with E-state index in [0.717, 1.165) is 6.42 Å². The summed E-state index contributed by atoms with van der Waals surface area (Å²) in [7, 11) is 0. The fourth-order valence-electron chi connectivity index (χ4n) is 3.09. The number of fused-ring (bicyclic) bond motifs is 5. The molecule has 0 radical (unpaired) electrons. The first-order valence-corrected chi connectivity index (χ1v) is 9.62. The lowest BCUT2D eigenvalue weighted by Gasteiger charge is -2.17. The molecule has 1 atom stereocenters. The number of hydrogen-bond acceptors (Lipinski definition) is 5. The van der Waals surface area contributed by atoms with Crippen LogP contribution in [-0.2, 0) is 0 Å². The summed E-state index contributed by atoms with van der Waals surface area (Å²) in [4.78, 5) is 17.3. The lowest BCUT2D eigenvalue weighted by atomic mass is 10.1. The Morgan fingerprint density at radius 3 is 3.07 bits per heavy atom. The van der Waals surface area contributed by atoms with Crippen LogP contribution in [0.1, 0.15) is 36.2 Å². The summed E-state index contributed by atoms with van der Waals surface area (Å²) in [5.74, 6) is 0.256. The first kappa shape index (κ1) is 18.5. The number of benzene rings is 1. The average molecular weight is 446 g/mol. The maximum atomic E-state index is 14.0. The van der Waals surface area contributed by atoms with Crippen LogP contribution in [0.15, 0.2) is 41.1 Å². The van der Waals surface area contributed by atoms with Crippen molar-refractivity contribution >= 4 is 27.7 Å². The molecule has 1 amide bonds. The Morgan fingerprint density at radius 2 is 2.21 bits per heavy atom. The van der Waals surface area contributed by atoms with Crippen molar-refractivity contribution in [1.82, 2.24) is 19.7 Å². The van der Waals surface area contributed by atoms with Gasteiger partial charge in [0.2, 0.25) is 0 Å². The minimum Gasteiger partial charge on any atom is -0.493 e. The number of hydrogen-bond donors (Lipinski definition) is 1. The minimum absolute atomic E-state index is 0.123. The van der Waals surface area contributed by atoms with Crippen LogP contribution in [0.25, 0.3) is 11.5 Å². The Bertz CT molecular complexity index is 1040. The first-order valence-electron chi connectivity index (χ1n) is 8.83. The summed E-state index contributed by atoms with van der Waals surface area (Å²) in [6, 6.07) is 8.03. The van der Waals surface area contributed by atoms with Gasteiger partial charge in [-0.15, -0.1) is 10.2 Å². The molecule has 1 N–H and O–H groups in total. The molecule has 1 aromatic carbocycles. The van der Waals surface area contributed by atoms with Gasteiger partial charge in [0, 0.05) is 12.1 Å². The molecule has 4 rings (SSSR count). The number of amides is 1. The number of halogens is 2. The third-order valence-electron chi connectivity index (χ3n) is 4.56. The average Bonchev–Trinajstić information content (AvgIpc) is 3.17. The number of carbonyl (C=O) groups is 1. The number of nitrogens with zero attached hydrogens (tertiary/aromatic N) is 4. The molecular formula is C19H17BrFN5O2. The van der Waals surface area contributed by atoms with E-state index < -0.39 is 11.7 Å². The van der Waals surface area contributed by atoms with Gasteiger partial charge in [0.1, 0.15) is 29.4 Å². The van der Waals surface area contributed by atoms with E-state index in [9.17, 15) is 9.18 Å². The molecule has 0 aliphatic carbocycles. The topological polar surface area (TPSA) is 81.9 Å². The molecule has 2 aromatic heterocycles. The summed E-state index contributed by atoms with van der Waals surface area (Å²) in [5.41, 5.74) is 0.838. The monoisotopic (exact) mass is 445 g/mol. The van der Waals surface area contributed by atoms with E-state index in [1.807, 2.05) is 10.6 Å². The molecule has 0 spiro atoms. The molecule has 9 heteroatoms. The van der Waals surface area contributed by atoms with Crippen molar-refractivity contribution in [3.63, 3.8) is 0 Å². The lowest BCUT2D eigenvalue weighted by molar-refractivity contribution is 0.102. The van der Waals surface area contributed by atoms with Crippen molar-refractivity contribution in [2.45, 2.75) is 25.8 Å². The van der Waals surface area contributed by atoms with Gasteiger partial charge >= 0.3 is 0 Å². The van der Waals surface area contributed by atoms with Crippen LogP contribution in [0.4, 0.5) is 10.2 Å². The number of aromatic nitrogens is 4. The van der Waals surface area contributed by atoms with E-state index in [-0.39, 0.29) is 21.8 Å². The van der Waals surface area contributed by atoms with Gasteiger partial charge in [0.15, 0.2) is 5.82 Å². The number of carbonyl (C=O) groups excluding carboxylic acids is 1. The van der Waals surface area contributed by atoms with Crippen LogP contribution in [0.2, 0.25) is 0 Å². The predicted molar refractivity (Wildman–Crippen MR) is 105 cm³/mol. The van der Waals surface area contributed by atoms with Gasteiger partial charge < -0.3 is 14.6 Å². The normalized spacial score (nSPS) is 17.0. The number of pyridine rings is 1. The number of ether oxygens (including phenoxy) is 1. The zero-order valence-electron chi connectivity index (χ0n) is 15.0. The third kappa shape index (κ3) is 3.62. The van der Waals surface area contributed by atoms with Crippen LogP contribution < -0.4 is 10.1 Å². The molecule has 2 bridgehead atoms. The second kappa shape index (κ2) is 7.67. The van der Waals surface area contributed by atoms with Crippen molar-refractivity contribution in [1.29, 1.82) is 0 Å². The maximum absolute atomic E-state index is 14.0. The molecule has 0 saturated carbocycles. The molecule has 7 nitrogen and oxygen atoms in total. The standard InChI is InChI=1S/C19H17BrFN5O2/c1-11-4-3-7-28-16-9-14(21)13(20)8-12(16)19(27)24-17-6-2-5-15(23-17)18-25-22-10-26(11)18/h2,5-6,8-11H,3-4,7H2,1H3,(H,23,24,27)/t11-/m0/s1. The molecule has 0 fully saturated rings. The van der Waals surface area contributed by atoms with E-state index in [1.54, 1.807) is 18.5 Å². The van der Waals surface area contributed by atoms with Gasteiger partial charge in [0.25, 0.3) is 5.91 Å². The quantitative estimate of drug-likeness (QED) is 0.559. The van der Waals surface area contributed by atoms with E-state index in [0.29, 0.717) is 30.4 Å². The summed E-state index contributed by atoms with van der Waals surface area (Å²) >= 11 is 3.13. The molecule has 144 valence electrons. The maximum Gasteiger partial charge on any atom is 0.260 e. The minimum atomic E-state index is -0.490. The zero-order chi connectivity index (χ0) is 19.7. The van der Waals surface area contributed by atoms with Crippen LogP contribution >= 0.6 is 15.9 Å². The second-order valence-corrected chi connectivity index (χ2v) is 7.38. The van der Waals surface area contributed by atoms with Gasteiger partial charge in [-0.05, 0) is 53.9 Å². The third-order valence-corrected chi connectivity index (χ3v) is 5.17. The Hall–Kier alpha value is -2.81. The fourth-order valence-corrected chi connectivity index (χ4v) is 3.43. The number of anilines is 1. The Balaban J connectivity index is 1.78. The fraction of sp³-hybridized carbons (Fsp3) is 0.263. The van der Waals surface area contributed by atoms with E-state index in [2.05, 4.69) is 43.4 Å². The largest absolute Gasteiger partial charge is 0.493 e. The van der Waals surface area contributed by atoms with E-state index in [4.69, 9.17) is 4.74 Å². The number of rotatable bonds is 0. The van der Waals surface area contributed by atoms with Gasteiger partial charge in [-0.3, -0.25) is 4.79 Å². The van der Waals surface area contributed by atoms with Gasteiger partial charge in [0.05, 0.1) is 16.6 Å². The molecule has 0 unspecified atom stereocenters. The Kier molecular flexibility index (Phi) is 5.08. The first-order chi connectivity index (χ1) is 13.5. The highest BCUT2D eigenvalue weighted by Gasteiger charge is 2.19. The SMILES string of the molecule is C[C@H]1CCCOc2cc(F)c(Br)cc2C(=O)Nc2cccc(n2)-c2nncn21. The van der Waals surface area contributed by atoms with Crippen molar-refractivity contribution < 1.29 is 13.9 Å². The van der Waals surface area contributed by atoms with Crippen molar-refractivity contribution in [2.24, 2.45) is 0 Å². The molecule has 1 aliphatic heterocycles.